The third kappa shape index (κ3) is 5.15. The number of nitriles is 1. The summed E-state index contributed by atoms with van der Waals surface area (Å²) in [4.78, 5) is 12.2. The Balaban J connectivity index is 0.00000155. The molecule has 0 aliphatic heterocycles. The van der Waals surface area contributed by atoms with Crippen molar-refractivity contribution in [2.45, 2.75) is 32.7 Å². The number of aliphatic hydroxyl groups is 1. The fraction of sp³-hybridized carbons (Fsp3) is 0.238. The molecule has 2 N–H and O–H groups in total. The molecule has 0 aliphatic rings. The van der Waals surface area contributed by atoms with Crippen LogP contribution < -0.4 is 5.32 Å². The van der Waals surface area contributed by atoms with Crippen LogP contribution in [0.1, 0.15) is 25.0 Å². The summed E-state index contributed by atoms with van der Waals surface area (Å²) in [7, 11) is 0. The summed E-state index contributed by atoms with van der Waals surface area (Å²) in [5, 5.41) is 21.8. The number of carbonyl (C=O) groups is 1. The van der Waals surface area contributed by atoms with Gasteiger partial charge in [0.1, 0.15) is 5.82 Å². The van der Waals surface area contributed by atoms with E-state index in [1.807, 2.05) is 13.8 Å². The van der Waals surface area contributed by atoms with Crippen LogP contribution in [0.4, 0.5) is 23.2 Å². The first kappa shape index (κ1) is 22.9. The molecule has 5 nitrogen and oxygen atoms in total. The summed E-state index contributed by atoms with van der Waals surface area (Å²) in [6.45, 7) is 3.78. The first-order valence-corrected chi connectivity index (χ1v) is 9.03. The molecule has 0 saturated carbocycles. The molecule has 1 amide bonds. The fourth-order valence-electron chi connectivity index (χ4n) is 2.77. The first-order chi connectivity index (χ1) is 14.2. The van der Waals surface area contributed by atoms with Gasteiger partial charge in [-0.3, -0.25) is 4.79 Å². The molecule has 0 bridgehead atoms. The van der Waals surface area contributed by atoms with E-state index in [9.17, 15) is 27.5 Å². The van der Waals surface area contributed by atoms with Crippen molar-refractivity contribution in [1.29, 1.82) is 5.26 Å². The van der Waals surface area contributed by atoms with E-state index in [2.05, 4.69) is 5.32 Å². The first-order valence-electron chi connectivity index (χ1n) is 9.03. The van der Waals surface area contributed by atoms with Crippen LogP contribution in [-0.2, 0) is 17.5 Å². The van der Waals surface area contributed by atoms with Gasteiger partial charge in [0.2, 0.25) is 0 Å². The van der Waals surface area contributed by atoms with E-state index in [0.29, 0.717) is 17.0 Å². The minimum Gasteiger partial charge on any atom is -0.381 e. The van der Waals surface area contributed by atoms with Crippen molar-refractivity contribution in [3.8, 4) is 6.07 Å². The predicted octanol–water partition coefficient (Wildman–Crippen LogP) is 4.70. The number of hydrogen-bond donors (Lipinski definition) is 2. The molecule has 0 fully saturated rings. The number of rotatable bonds is 4. The average molecular weight is 421 g/mol. The van der Waals surface area contributed by atoms with E-state index in [1.165, 1.54) is 22.8 Å². The molecule has 9 heteroatoms. The van der Waals surface area contributed by atoms with Gasteiger partial charge >= 0.3 is 6.18 Å². The average Bonchev–Trinajstić information content (AvgIpc) is 3.10. The summed E-state index contributed by atoms with van der Waals surface area (Å²) in [6, 6.07) is 9.89. The monoisotopic (exact) mass is 421 g/mol. The number of aliphatic hydroxyl groups excluding tert-OH is 1. The maximum atomic E-state index is 13.4. The van der Waals surface area contributed by atoms with Crippen molar-refractivity contribution in [3.63, 3.8) is 0 Å². The normalized spacial score (nSPS) is 11.9. The lowest BCUT2D eigenvalue weighted by Crippen LogP contribution is -2.31. The molecule has 2 aromatic carbocycles. The van der Waals surface area contributed by atoms with Gasteiger partial charge in [-0.2, -0.15) is 18.4 Å². The molecule has 0 aliphatic carbocycles. The van der Waals surface area contributed by atoms with Gasteiger partial charge in [0, 0.05) is 11.9 Å². The Morgan fingerprint density at radius 2 is 1.90 bits per heavy atom. The molecule has 1 unspecified atom stereocenters. The lowest BCUT2D eigenvalue weighted by Gasteiger charge is -2.15. The van der Waals surface area contributed by atoms with Gasteiger partial charge in [-0.05, 0) is 47.9 Å². The topological polar surface area (TPSA) is 78.1 Å². The van der Waals surface area contributed by atoms with Gasteiger partial charge in [0.05, 0.1) is 29.3 Å². The zero-order valence-corrected chi connectivity index (χ0v) is 16.2. The Labute approximate surface area is 170 Å². The second-order valence-corrected chi connectivity index (χ2v) is 6.05. The van der Waals surface area contributed by atoms with Crippen LogP contribution in [0.25, 0.3) is 10.9 Å². The Morgan fingerprint density at radius 1 is 1.20 bits per heavy atom. The van der Waals surface area contributed by atoms with Crippen molar-refractivity contribution >= 4 is 22.5 Å². The molecular weight excluding hydrogens is 402 g/mol. The summed E-state index contributed by atoms with van der Waals surface area (Å²) in [6.07, 6.45) is -4.80. The number of anilines is 1. The molecular formula is C21H19F4N3O2. The molecule has 1 atom stereocenters. The van der Waals surface area contributed by atoms with Crippen molar-refractivity contribution in [1.82, 2.24) is 4.57 Å². The third-order valence-electron chi connectivity index (χ3n) is 4.12. The van der Waals surface area contributed by atoms with Crippen LogP contribution in [0.3, 0.4) is 0 Å². The highest BCUT2D eigenvalue weighted by molar-refractivity contribution is 5.94. The van der Waals surface area contributed by atoms with Crippen LogP contribution in [0, 0.1) is 17.1 Å². The molecule has 3 aromatic rings. The number of alkyl halides is 3. The molecule has 3 rings (SSSR count). The second-order valence-electron chi connectivity index (χ2n) is 6.05. The fourth-order valence-corrected chi connectivity index (χ4v) is 2.77. The van der Waals surface area contributed by atoms with Crippen LogP contribution in [0.15, 0.2) is 48.7 Å². The van der Waals surface area contributed by atoms with Gasteiger partial charge in [0.25, 0.3) is 5.91 Å². The summed E-state index contributed by atoms with van der Waals surface area (Å²) in [5.74, 6) is -1.42. The minimum absolute atomic E-state index is 0.209. The molecule has 0 radical (unpaired) electrons. The number of amides is 1. The highest BCUT2D eigenvalue weighted by Crippen LogP contribution is 2.33. The van der Waals surface area contributed by atoms with Crippen molar-refractivity contribution in [3.05, 3.63) is 65.6 Å². The van der Waals surface area contributed by atoms with E-state index in [0.717, 1.165) is 12.1 Å². The number of nitrogens with zero attached hydrogens (tertiary/aromatic N) is 2. The maximum Gasteiger partial charge on any atom is 0.417 e. The smallest absolute Gasteiger partial charge is 0.381 e. The van der Waals surface area contributed by atoms with Crippen molar-refractivity contribution in [2.24, 2.45) is 0 Å². The van der Waals surface area contributed by atoms with Crippen LogP contribution in [0.2, 0.25) is 0 Å². The largest absolute Gasteiger partial charge is 0.417 e. The zero-order chi connectivity index (χ0) is 22.5. The van der Waals surface area contributed by atoms with Gasteiger partial charge in [-0.1, -0.05) is 13.8 Å². The van der Waals surface area contributed by atoms with Crippen LogP contribution in [0.5, 0.6) is 0 Å². The van der Waals surface area contributed by atoms with E-state index in [-0.39, 0.29) is 12.2 Å². The molecule has 1 aromatic heterocycles. The molecule has 0 spiro atoms. The van der Waals surface area contributed by atoms with Crippen LogP contribution in [-0.4, -0.2) is 21.7 Å². The van der Waals surface area contributed by atoms with E-state index in [1.54, 1.807) is 18.3 Å². The number of aromatic nitrogens is 1. The summed E-state index contributed by atoms with van der Waals surface area (Å²) >= 11 is 0. The van der Waals surface area contributed by atoms with Crippen molar-refractivity contribution < 1.29 is 27.5 Å². The minimum atomic E-state index is -4.77. The quantitative estimate of drug-likeness (QED) is 0.600. The third-order valence-corrected chi connectivity index (χ3v) is 4.12. The number of halogens is 4. The standard InChI is InChI=1S/C19H13F4N3O2.C2H6/c20-13-3-1-11-5-6-26(16(11)7-13)10-17(27)18(28)25-14-4-2-12(9-24)15(8-14)19(21,22)23;1-2/h1-8,17,27H,10H2,(H,25,28);1-2H3. The lowest BCUT2D eigenvalue weighted by molar-refractivity contribution is -0.137. The maximum absolute atomic E-state index is 13.4. The zero-order valence-electron chi connectivity index (χ0n) is 16.2. The highest BCUT2D eigenvalue weighted by atomic mass is 19.4. The SMILES string of the molecule is CC.N#Cc1ccc(NC(=O)C(O)Cn2ccc3ccc(F)cc32)cc1C(F)(F)F. The number of nitrogens with one attached hydrogen (secondary N) is 1. The van der Waals surface area contributed by atoms with Gasteiger partial charge in [-0.15, -0.1) is 0 Å². The summed E-state index contributed by atoms with van der Waals surface area (Å²) < 4.78 is 53.9. The summed E-state index contributed by atoms with van der Waals surface area (Å²) in [5.41, 5.74) is -1.51. The number of carbonyl (C=O) groups excluding carboxylic acids is 1. The Hall–Kier alpha value is -3.38. The van der Waals surface area contributed by atoms with Gasteiger partial charge in [0.15, 0.2) is 6.10 Å². The highest BCUT2D eigenvalue weighted by Gasteiger charge is 2.34. The number of benzene rings is 2. The van der Waals surface area contributed by atoms with Gasteiger partial charge in [-0.25, -0.2) is 4.39 Å². The second kappa shape index (κ2) is 9.41. The molecule has 1 heterocycles. The van der Waals surface area contributed by atoms with E-state index in [4.69, 9.17) is 5.26 Å². The Morgan fingerprint density at radius 3 is 2.53 bits per heavy atom. The van der Waals surface area contributed by atoms with Crippen LogP contribution >= 0.6 is 0 Å². The predicted molar refractivity (Wildman–Crippen MR) is 104 cm³/mol. The van der Waals surface area contributed by atoms with Gasteiger partial charge < -0.3 is 15.0 Å². The number of hydrogen-bond acceptors (Lipinski definition) is 3. The Bertz CT molecular complexity index is 1080. The molecule has 30 heavy (non-hydrogen) atoms. The Kier molecular flexibility index (Phi) is 7.19. The van der Waals surface area contributed by atoms with Crippen molar-refractivity contribution in [2.75, 3.05) is 5.32 Å². The van der Waals surface area contributed by atoms with E-state index >= 15 is 0 Å². The molecule has 0 saturated heterocycles. The number of fused-ring (bicyclic) bond motifs is 1. The van der Waals surface area contributed by atoms with E-state index < -0.39 is 35.1 Å². The lowest BCUT2D eigenvalue weighted by atomic mass is 10.1. The molecule has 158 valence electrons.